The first-order valence-corrected chi connectivity index (χ1v) is 7.86. The van der Waals surface area contributed by atoms with Crippen molar-refractivity contribution in [2.45, 2.75) is 26.9 Å². The van der Waals surface area contributed by atoms with Crippen LogP contribution in [0.2, 0.25) is 0 Å². The van der Waals surface area contributed by atoms with Gasteiger partial charge in [-0.2, -0.15) is 11.3 Å². The van der Waals surface area contributed by atoms with Crippen LogP contribution in [0.1, 0.15) is 49.4 Å². The van der Waals surface area contributed by atoms with Crippen molar-refractivity contribution in [3.05, 3.63) is 44.9 Å². The number of hydrogen-bond acceptors (Lipinski definition) is 6. The molecule has 2 heterocycles. The van der Waals surface area contributed by atoms with Crippen LogP contribution in [-0.4, -0.2) is 35.9 Å². The van der Waals surface area contributed by atoms with Crippen LogP contribution in [0.4, 0.5) is 0 Å². The standard InChI is InChI=1S/C16H17NO5S/c1-8-12(16(20)21-4)9(2)17-13(8)14(18)10(3)22-15(19)11-5-6-23-7-11/h5-7,10,17H,1-4H3. The van der Waals surface area contributed by atoms with E-state index in [9.17, 15) is 14.4 Å². The Morgan fingerprint density at radius 3 is 2.48 bits per heavy atom. The predicted octanol–water partition coefficient (Wildman–Crippen LogP) is 2.91. The van der Waals surface area contributed by atoms with Gasteiger partial charge in [0.25, 0.3) is 0 Å². The van der Waals surface area contributed by atoms with Gasteiger partial charge in [-0.3, -0.25) is 4.79 Å². The Morgan fingerprint density at radius 2 is 1.91 bits per heavy atom. The van der Waals surface area contributed by atoms with Gasteiger partial charge in [0.15, 0.2) is 6.10 Å². The topological polar surface area (TPSA) is 85.5 Å². The molecular formula is C16H17NO5S. The minimum absolute atomic E-state index is 0.244. The number of nitrogens with one attached hydrogen (secondary N) is 1. The van der Waals surface area contributed by atoms with Crippen molar-refractivity contribution < 1.29 is 23.9 Å². The van der Waals surface area contributed by atoms with E-state index in [1.165, 1.54) is 25.4 Å². The second-order valence-electron chi connectivity index (χ2n) is 5.04. The van der Waals surface area contributed by atoms with Crippen LogP contribution in [0.5, 0.6) is 0 Å². The monoisotopic (exact) mass is 335 g/mol. The van der Waals surface area contributed by atoms with Gasteiger partial charge < -0.3 is 14.5 Å². The Bertz CT molecular complexity index is 745. The molecule has 0 saturated heterocycles. The Labute approximate surface area is 137 Å². The van der Waals surface area contributed by atoms with E-state index in [4.69, 9.17) is 9.47 Å². The van der Waals surface area contributed by atoms with Crippen LogP contribution < -0.4 is 0 Å². The quantitative estimate of drug-likeness (QED) is 0.671. The lowest BCUT2D eigenvalue weighted by molar-refractivity contribution is 0.0317. The maximum atomic E-state index is 12.5. The molecule has 0 bridgehead atoms. The third-order valence-corrected chi connectivity index (χ3v) is 4.17. The average Bonchev–Trinajstić information content (AvgIpc) is 3.14. The van der Waals surface area contributed by atoms with Crippen LogP contribution >= 0.6 is 11.3 Å². The van der Waals surface area contributed by atoms with E-state index in [0.717, 1.165) is 0 Å². The molecule has 0 saturated carbocycles. The number of ether oxygens (including phenoxy) is 2. The zero-order valence-corrected chi connectivity index (χ0v) is 14.1. The number of aryl methyl sites for hydroxylation is 1. The average molecular weight is 335 g/mol. The number of thiophene rings is 1. The van der Waals surface area contributed by atoms with Gasteiger partial charge >= 0.3 is 11.9 Å². The van der Waals surface area contributed by atoms with Crippen LogP contribution in [0.3, 0.4) is 0 Å². The molecule has 0 fully saturated rings. The van der Waals surface area contributed by atoms with E-state index in [2.05, 4.69) is 4.98 Å². The van der Waals surface area contributed by atoms with Crippen molar-refractivity contribution in [3.63, 3.8) is 0 Å². The fraction of sp³-hybridized carbons (Fsp3) is 0.312. The Morgan fingerprint density at radius 1 is 1.22 bits per heavy atom. The predicted molar refractivity (Wildman–Crippen MR) is 85.1 cm³/mol. The zero-order valence-electron chi connectivity index (χ0n) is 13.3. The zero-order chi connectivity index (χ0) is 17.1. The molecule has 2 rings (SSSR count). The minimum atomic E-state index is -0.968. The van der Waals surface area contributed by atoms with E-state index in [1.807, 2.05) is 0 Å². The highest BCUT2D eigenvalue weighted by Crippen LogP contribution is 2.21. The fourth-order valence-corrected chi connectivity index (χ4v) is 2.90. The number of Topliss-reactive ketones (excluding diaryl/α,β-unsaturated/α-hetero) is 1. The minimum Gasteiger partial charge on any atom is -0.465 e. The van der Waals surface area contributed by atoms with Crippen LogP contribution in [-0.2, 0) is 9.47 Å². The second kappa shape index (κ2) is 6.78. The number of H-pyrrole nitrogens is 1. The first kappa shape index (κ1) is 17.0. The van der Waals surface area contributed by atoms with Gasteiger partial charge in [0.05, 0.1) is 23.9 Å². The number of esters is 2. The molecule has 1 N–H and O–H groups in total. The van der Waals surface area contributed by atoms with Crippen molar-refractivity contribution in [1.82, 2.24) is 4.98 Å². The lowest BCUT2D eigenvalue weighted by Crippen LogP contribution is -2.25. The van der Waals surface area contributed by atoms with Crippen LogP contribution in [0.15, 0.2) is 16.8 Å². The molecule has 2 aromatic rings. The van der Waals surface area contributed by atoms with Crippen molar-refractivity contribution in [2.75, 3.05) is 7.11 Å². The lowest BCUT2D eigenvalue weighted by Gasteiger charge is -2.11. The first-order valence-electron chi connectivity index (χ1n) is 6.91. The van der Waals surface area contributed by atoms with Crippen molar-refractivity contribution in [2.24, 2.45) is 0 Å². The summed E-state index contributed by atoms with van der Waals surface area (Å²) in [5.41, 5.74) is 2.00. The summed E-state index contributed by atoms with van der Waals surface area (Å²) in [6.45, 7) is 4.83. The fourth-order valence-electron chi connectivity index (χ4n) is 2.27. The molecule has 0 spiro atoms. The molecule has 0 aliphatic heterocycles. The highest BCUT2D eigenvalue weighted by atomic mass is 32.1. The van der Waals surface area contributed by atoms with Crippen molar-refractivity contribution in [3.8, 4) is 0 Å². The molecule has 6 nitrogen and oxygen atoms in total. The number of aromatic nitrogens is 1. The molecule has 0 aliphatic carbocycles. The van der Waals surface area contributed by atoms with E-state index in [1.54, 1.807) is 30.7 Å². The van der Waals surface area contributed by atoms with Crippen molar-refractivity contribution >= 4 is 29.1 Å². The smallest absolute Gasteiger partial charge is 0.339 e. The number of carbonyl (C=O) groups is 3. The molecule has 0 aromatic carbocycles. The maximum Gasteiger partial charge on any atom is 0.339 e. The highest BCUT2D eigenvalue weighted by Gasteiger charge is 2.27. The van der Waals surface area contributed by atoms with Crippen molar-refractivity contribution in [1.29, 1.82) is 0 Å². The maximum absolute atomic E-state index is 12.5. The van der Waals surface area contributed by atoms with E-state index in [-0.39, 0.29) is 5.69 Å². The Balaban J connectivity index is 2.20. The normalized spacial score (nSPS) is 11.8. The van der Waals surface area contributed by atoms with Gasteiger partial charge in [-0.25, -0.2) is 9.59 Å². The highest BCUT2D eigenvalue weighted by molar-refractivity contribution is 7.08. The van der Waals surface area contributed by atoms with Gasteiger partial charge in [0.2, 0.25) is 5.78 Å². The Kier molecular flexibility index (Phi) is 5.00. The summed E-state index contributed by atoms with van der Waals surface area (Å²) in [5, 5.41) is 3.41. The molecular weight excluding hydrogens is 318 g/mol. The summed E-state index contributed by atoms with van der Waals surface area (Å²) in [4.78, 5) is 39.0. The van der Waals surface area contributed by atoms with Crippen LogP contribution in [0, 0.1) is 13.8 Å². The van der Waals surface area contributed by atoms with Crippen LogP contribution in [0.25, 0.3) is 0 Å². The molecule has 7 heteroatoms. The first-order chi connectivity index (χ1) is 10.9. The van der Waals surface area contributed by atoms with Gasteiger partial charge in [0.1, 0.15) is 0 Å². The number of ketones is 1. The number of rotatable bonds is 5. The summed E-state index contributed by atoms with van der Waals surface area (Å²) in [7, 11) is 1.28. The third-order valence-electron chi connectivity index (χ3n) is 3.48. The lowest BCUT2D eigenvalue weighted by atomic mass is 10.1. The molecule has 122 valence electrons. The van der Waals surface area contributed by atoms with Gasteiger partial charge in [-0.05, 0) is 37.8 Å². The van der Waals surface area contributed by atoms with E-state index < -0.39 is 23.8 Å². The van der Waals surface area contributed by atoms with Gasteiger partial charge in [0, 0.05) is 11.1 Å². The van der Waals surface area contributed by atoms with Gasteiger partial charge in [-0.15, -0.1) is 0 Å². The summed E-state index contributed by atoms with van der Waals surface area (Å²) in [5.74, 6) is -1.47. The van der Waals surface area contributed by atoms with E-state index in [0.29, 0.717) is 22.4 Å². The number of aromatic amines is 1. The number of hydrogen-bond donors (Lipinski definition) is 1. The number of methoxy groups -OCH3 is 1. The second-order valence-corrected chi connectivity index (χ2v) is 5.82. The summed E-state index contributed by atoms with van der Waals surface area (Å²) < 4.78 is 9.89. The molecule has 1 atom stereocenters. The molecule has 0 radical (unpaired) electrons. The Hall–Kier alpha value is -2.41. The SMILES string of the molecule is COC(=O)c1c(C)[nH]c(C(=O)C(C)OC(=O)c2ccsc2)c1C. The summed E-state index contributed by atoms with van der Waals surface area (Å²) in [6.07, 6.45) is -0.968. The van der Waals surface area contributed by atoms with Gasteiger partial charge in [-0.1, -0.05) is 0 Å². The largest absolute Gasteiger partial charge is 0.465 e. The summed E-state index contributed by atoms with van der Waals surface area (Å²) in [6, 6.07) is 1.63. The van der Waals surface area contributed by atoms with E-state index >= 15 is 0 Å². The molecule has 1 unspecified atom stereocenters. The molecule has 0 aliphatic rings. The molecule has 23 heavy (non-hydrogen) atoms. The molecule has 2 aromatic heterocycles. The number of carbonyl (C=O) groups excluding carboxylic acids is 3. The third kappa shape index (κ3) is 3.34. The molecule has 0 amide bonds. The summed E-state index contributed by atoms with van der Waals surface area (Å²) >= 11 is 1.37.